The van der Waals surface area contributed by atoms with Crippen LogP contribution < -0.4 is 20.1 Å². The van der Waals surface area contributed by atoms with Crippen LogP contribution in [0.4, 0.5) is 10.5 Å². The lowest BCUT2D eigenvalue weighted by atomic mass is 9.91. The van der Waals surface area contributed by atoms with Gasteiger partial charge in [0.15, 0.2) is 11.5 Å². The molecule has 1 spiro atoms. The minimum atomic E-state index is -1.21. The first-order chi connectivity index (χ1) is 15.3. The Labute approximate surface area is 185 Å². The quantitative estimate of drug-likeness (QED) is 0.717. The van der Waals surface area contributed by atoms with Crippen LogP contribution in [0, 0.1) is 6.92 Å². The minimum Gasteiger partial charge on any atom is -0.448 e. The number of anilines is 1. The van der Waals surface area contributed by atoms with Gasteiger partial charge in [0, 0.05) is 24.6 Å². The molecule has 1 atom stereocenters. The predicted octanol–water partition coefficient (Wildman–Crippen LogP) is 3.44. The molecule has 1 aliphatic carbocycles. The van der Waals surface area contributed by atoms with Gasteiger partial charge < -0.3 is 20.1 Å². The summed E-state index contributed by atoms with van der Waals surface area (Å²) in [4.78, 5) is 39.1. The van der Waals surface area contributed by atoms with Gasteiger partial charge in [0.1, 0.15) is 12.1 Å². The van der Waals surface area contributed by atoms with Crippen molar-refractivity contribution in [3.63, 3.8) is 0 Å². The highest BCUT2D eigenvalue weighted by Crippen LogP contribution is 2.47. The molecule has 1 saturated carbocycles. The second-order valence-electron chi connectivity index (χ2n) is 8.84. The van der Waals surface area contributed by atoms with Crippen LogP contribution >= 0.6 is 0 Å². The second kappa shape index (κ2) is 7.25. The van der Waals surface area contributed by atoms with E-state index in [9.17, 15) is 14.4 Å². The van der Waals surface area contributed by atoms with Crippen molar-refractivity contribution in [3.05, 3.63) is 53.6 Å². The van der Waals surface area contributed by atoms with Crippen LogP contribution in [0.2, 0.25) is 0 Å². The van der Waals surface area contributed by atoms with Gasteiger partial charge in [-0.1, -0.05) is 29.8 Å². The zero-order valence-electron chi connectivity index (χ0n) is 18.1. The number of fused-ring (bicyclic) bond motifs is 1. The highest BCUT2D eigenvalue weighted by molar-refractivity contribution is 6.10. The minimum absolute atomic E-state index is 0.384. The molecule has 32 heavy (non-hydrogen) atoms. The summed E-state index contributed by atoms with van der Waals surface area (Å²) in [6.07, 6.45) is 3.81. The number of hydrogen-bond donors (Lipinski definition) is 2. The molecule has 2 heterocycles. The first kappa shape index (κ1) is 20.4. The normalized spacial score (nSPS) is 23.0. The first-order valence-electron chi connectivity index (χ1n) is 10.8. The second-order valence-corrected chi connectivity index (χ2v) is 8.84. The smallest absolute Gasteiger partial charge is 0.325 e. The number of rotatable bonds is 4. The fourth-order valence-corrected chi connectivity index (χ4v) is 4.56. The van der Waals surface area contributed by atoms with E-state index >= 15 is 0 Å². The highest BCUT2D eigenvalue weighted by atomic mass is 16.7. The molecule has 0 radical (unpaired) electrons. The van der Waals surface area contributed by atoms with E-state index in [-0.39, 0.29) is 6.54 Å². The summed E-state index contributed by atoms with van der Waals surface area (Å²) in [7, 11) is 0. The summed E-state index contributed by atoms with van der Waals surface area (Å²) >= 11 is 0. The van der Waals surface area contributed by atoms with E-state index in [1.807, 2.05) is 19.1 Å². The number of nitrogens with zero attached hydrogens (tertiary/aromatic N) is 1. The van der Waals surface area contributed by atoms with Gasteiger partial charge in [-0.25, -0.2) is 4.79 Å². The van der Waals surface area contributed by atoms with Gasteiger partial charge in [0.25, 0.3) is 11.7 Å². The third-order valence-corrected chi connectivity index (χ3v) is 6.39. The van der Waals surface area contributed by atoms with Crippen LogP contribution in [0.1, 0.15) is 43.7 Å². The molecular formula is C24H25N3O5. The topological polar surface area (TPSA) is 97.0 Å². The van der Waals surface area contributed by atoms with Crippen LogP contribution in [0.3, 0.4) is 0 Å². The monoisotopic (exact) mass is 435 g/mol. The zero-order chi connectivity index (χ0) is 22.5. The van der Waals surface area contributed by atoms with E-state index in [0.717, 1.165) is 36.1 Å². The number of urea groups is 1. The molecular weight excluding hydrogens is 410 g/mol. The van der Waals surface area contributed by atoms with Gasteiger partial charge >= 0.3 is 6.03 Å². The van der Waals surface area contributed by atoms with Crippen LogP contribution in [-0.4, -0.2) is 35.1 Å². The maximum atomic E-state index is 13.0. The standard InChI is InChI=1S/C24H25N3O5/c1-15-5-7-16(8-6-15)23(2)21(29)27(22(30)26-23)14-20(28)25-17-9-10-18-19(13-17)32-24(31-18)11-3-4-12-24/h5-10,13H,3-4,11-12,14H2,1-2H3,(H,25,28)(H,26,30). The number of amides is 4. The summed E-state index contributed by atoms with van der Waals surface area (Å²) < 4.78 is 12.0. The SMILES string of the molecule is Cc1ccc(C2(C)NC(=O)N(CC(=O)Nc3ccc4c(c3)OC3(CCCC3)O4)C2=O)cc1. The van der Waals surface area contributed by atoms with Crippen LogP contribution in [-0.2, 0) is 15.1 Å². The van der Waals surface area contributed by atoms with E-state index < -0.39 is 29.2 Å². The summed E-state index contributed by atoms with van der Waals surface area (Å²) in [6, 6.07) is 12.0. The Morgan fingerprint density at radius 3 is 2.47 bits per heavy atom. The van der Waals surface area contributed by atoms with Crippen molar-refractivity contribution in [2.75, 3.05) is 11.9 Å². The van der Waals surface area contributed by atoms with E-state index in [1.165, 1.54) is 0 Å². The van der Waals surface area contributed by atoms with Crippen molar-refractivity contribution in [2.24, 2.45) is 0 Å². The number of ether oxygens (including phenoxy) is 2. The van der Waals surface area contributed by atoms with Crippen molar-refractivity contribution in [2.45, 2.75) is 50.9 Å². The number of aryl methyl sites for hydroxylation is 1. The third kappa shape index (κ3) is 3.36. The number of carbonyl (C=O) groups is 3. The number of imide groups is 1. The highest BCUT2D eigenvalue weighted by Gasteiger charge is 2.49. The van der Waals surface area contributed by atoms with Crippen molar-refractivity contribution >= 4 is 23.5 Å². The molecule has 166 valence electrons. The number of nitrogens with one attached hydrogen (secondary N) is 2. The molecule has 2 fully saturated rings. The fraction of sp³-hybridized carbons (Fsp3) is 0.375. The van der Waals surface area contributed by atoms with Crippen molar-refractivity contribution in [3.8, 4) is 11.5 Å². The van der Waals surface area contributed by atoms with Gasteiger partial charge in [-0.15, -0.1) is 0 Å². The number of benzene rings is 2. The van der Waals surface area contributed by atoms with E-state index in [4.69, 9.17) is 9.47 Å². The lowest BCUT2D eigenvalue weighted by Gasteiger charge is -2.22. The summed E-state index contributed by atoms with van der Waals surface area (Å²) in [5.74, 6) is -0.267. The molecule has 2 aromatic rings. The Hall–Kier alpha value is -3.55. The van der Waals surface area contributed by atoms with Crippen LogP contribution in [0.5, 0.6) is 11.5 Å². The Morgan fingerprint density at radius 2 is 1.75 bits per heavy atom. The third-order valence-electron chi connectivity index (χ3n) is 6.39. The van der Waals surface area contributed by atoms with Gasteiger partial charge in [-0.2, -0.15) is 0 Å². The maximum Gasteiger partial charge on any atom is 0.325 e. The number of carbonyl (C=O) groups excluding carboxylic acids is 3. The Morgan fingerprint density at radius 1 is 1.06 bits per heavy atom. The van der Waals surface area contributed by atoms with E-state index in [0.29, 0.717) is 22.7 Å². The molecule has 4 amide bonds. The maximum absolute atomic E-state index is 13.0. The van der Waals surface area contributed by atoms with Gasteiger partial charge in [-0.05, 0) is 44.4 Å². The molecule has 0 aromatic heterocycles. The number of hydrogen-bond acceptors (Lipinski definition) is 5. The largest absolute Gasteiger partial charge is 0.448 e. The van der Waals surface area contributed by atoms with Gasteiger partial charge in [0.2, 0.25) is 5.91 Å². The summed E-state index contributed by atoms with van der Waals surface area (Å²) in [5, 5.41) is 5.46. The fourth-order valence-electron chi connectivity index (χ4n) is 4.56. The molecule has 0 bridgehead atoms. The van der Waals surface area contributed by atoms with Crippen molar-refractivity contribution < 1.29 is 23.9 Å². The van der Waals surface area contributed by atoms with E-state index in [2.05, 4.69) is 10.6 Å². The average molecular weight is 435 g/mol. The Kier molecular flexibility index (Phi) is 4.62. The predicted molar refractivity (Wildman–Crippen MR) is 116 cm³/mol. The van der Waals surface area contributed by atoms with E-state index in [1.54, 1.807) is 37.3 Å². The molecule has 3 aliphatic rings. The molecule has 8 heteroatoms. The molecule has 2 aliphatic heterocycles. The van der Waals surface area contributed by atoms with Crippen molar-refractivity contribution in [1.29, 1.82) is 0 Å². The lowest BCUT2D eigenvalue weighted by Crippen LogP contribution is -2.42. The summed E-state index contributed by atoms with van der Waals surface area (Å²) in [6.45, 7) is 3.21. The molecule has 2 N–H and O–H groups in total. The molecule has 1 saturated heterocycles. The average Bonchev–Trinajstić information content (AvgIpc) is 3.42. The van der Waals surface area contributed by atoms with Gasteiger partial charge in [0.05, 0.1) is 0 Å². The van der Waals surface area contributed by atoms with Crippen LogP contribution in [0.25, 0.3) is 0 Å². The molecule has 5 rings (SSSR count). The summed E-state index contributed by atoms with van der Waals surface area (Å²) in [5.41, 5.74) is 1.02. The Bertz CT molecular complexity index is 1110. The van der Waals surface area contributed by atoms with Crippen LogP contribution in [0.15, 0.2) is 42.5 Å². The molecule has 1 unspecified atom stereocenters. The Balaban J connectivity index is 1.26. The lowest BCUT2D eigenvalue weighted by molar-refractivity contribution is -0.133. The first-order valence-corrected chi connectivity index (χ1v) is 10.8. The zero-order valence-corrected chi connectivity index (χ0v) is 18.1. The molecule has 8 nitrogen and oxygen atoms in total. The molecule has 2 aromatic carbocycles. The van der Waals surface area contributed by atoms with Gasteiger partial charge in [-0.3, -0.25) is 14.5 Å². The van der Waals surface area contributed by atoms with Crippen molar-refractivity contribution in [1.82, 2.24) is 10.2 Å².